The summed E-state index contributed by atoms with van der Waals surface area (Å²) < 4.78 is 5.44. The lowest BCUT2D eigenvalue weighted by Crippen LogP contribution is -2.48. The van der Waals surface area contributed by atoms with E-state index in [1.165, 1.54) is 0 Å². The van der Waals surface area contributed by atoms with Gasteiger partial charge in [-0.3, -0.25) is 4.99 Å². The number of aromatic nitrogens is 1. The zero-order valence-corrected chi connectivity index (χ0v) is 12.8. The maximum atomic E-state index is 5.44. The highest BCUT2D eigenvalue weighted by molar-refractivity contribution is 8.14. The predicted octanol–water partition coefficient (Wildman–Crippen LogP) is 2.24. The van der Waals surface area contributed by atoms with Crippen molar-refractivity contribution in [3.8, 4) is 0 Å². The van der Waals surface area contributed by atoms with Crippen molar-refractivity contribution in [3.05, 3.63) is 16.1 Å². The molecule has 0 aliphatic carbocycles. The van der Waals surface area contributed by atoms with Gasteiger partial charge < -0.3 is 10.1 Å². The highest BCUT2D eigenvalue weighted by atomic mass is 32.2. The van der Waals surface area contributed by atoms with E-state index >= 15 is 0 Å². The summed E-state index contributed by atoms with van der Waals surface area (Å²) in [6.45, 7) is 4.62. The van der Waals surface area contributed by atoms with Gasteiger partial charge in [-0.25, -0.2) is 4.98 Å². The van der Waals surface area contributed by atoms with Gasteiger partial charge in [0, 0.05) is 37.3 Å². The van der Waals surface area contributed by atoms with Gasteiger partial charge in [0.2, 0.25) is 0 Å². The quantitative estimate of drug-likeness (QED) is 0.929. The first kappa shape index (κ1) is 13.4. The molecular formula is C13H19N3OS2. The number of aryl methyl sites for hydroxylation is 1. The second kappa shape index (κ2) is 5.81. The van der Waals surface area contributed by atoms with E-state index in [4.69, 9.17) is 4.74 Å². The van der Waals surface area contributed by atoms with E-state index in [-0.39, 0.29) is 5.54 Å². The molecule has 3 heterocycles. The SMILES string of the molecule is Cc1nc(CCN=C2NC3(CCOCC3)CS2)cs1. The summed E-state index contributed by atoms with van der Waals surface area (Å²) in [6.07, 6.45) is 3.14. The number of thiazole rings is 1. The van der Waals surface area contributed by atoms with Gasteiger partial charge in [0.15, 0.2) is 5.17 Å². The summed E-state index contributed by atoms with van der Waals surface area (Å²) in [4.78, 5) is 9.13. The summed E-state index contributed by atoms with van der Waals surface area (Å²) in [7, 11) is 0. The van der Waals surface area contributed by atoms with E-state index in [0.29, 0.717) is 0 Å². The molecule has 0 unspecified atom stereocenters. The van der Waals surface area contributed by atoms with Crippen LogP contribution in [0.4, 0.5) is 0 Å². The molecule has 1 N–H and O–H groups in total. The molecule has 3 rings (SSSR count). The van der Waals surface area contributed by atoms with Crippen molar-refractivity contribution in [2.75, 3.05) is 25.5 Å². The molecule has 0 amide bonds. The Morgan fingerprint density at radius 2 is 2.32 bits per heavy atom. The number of thioether (sulfide) groups is 1. The zero-order valence-electron chi connectivity index (χ0n) is 11.1. The maximum absolute atomic E-state index is 5.44. The number of nitrogens with zero attached hydrogens (tertiary/aromatic N) is 2. The number of rotatable bonds is 3. The molecule has 0 aromatic carbocycles. The first-order valence-electron chi connectivity index (χ1n) is 6.70. The smallest absolute Gasteiger partial charge is 0.157 e. The average Bonchev–Trinajstić information content (AvgIpc) is 2.99. The van der Waals surface area contributed by atoms with Crippen LogP contribution < -0.4 is 5.32 Å². The summed E-state index contributed by atoms with van der Waals surface area (Å²) in [6, 6.07) is 0. The van der Waals surface area contributed by atoms with Gasteiger partial charge in [-0.05, 0) is 19.8 Å². The van der Waals surface area contributed by atoms with Gasteiger partial charge in [0.05, 0.1) is 16.2 Å². The van der Waals surface area contributed by atoms with Crippen LogP contribution in [0, 0.1) is 6.92 Å². The van der Waals surface area contributed by atoms with E-state index < -0.39 is 0 Å². The number of hydrogen-bond acceptors (Lipinski definition) is 5. The fourth-order valence-corrected chi connectivity index (χ4v) is 4.31. The van der Waals surface area contributed by atoms with Crippen LogP contribution in [0.25, 0.3) is 0 Å². The van der Waals surface area contributed by atoms with Crippen LogP contribution in [0.1, 0.15) is 23.5 Å². The normalized spacial score (nSPS) is 23.9. The van der Waals surface area contributed by atoms with Crippen molar-refractivity contribution in [3.63, 3.8) is 0 Å². The van der Waals surface area contributed by atoms with E-state index in [0.717, 1.165) is 60.6 Å². The Hall–Kier alpha value is -0.590. The standard InChI is InChI=1S/C13H19N3OS2/c1-10-15-11(8-18-10)2-5-14-12-16-13(9-19-12)3-6-17-7-4-13/h8H,2-7,9H2,1H3,(H,14,16). The summed E-state index contributed by atoms with van der Waals surface area (Å²) >= 11 is 3.56. The van der Waals surface area contributed by atoms with Crippen molar-refractivity contribution < 1.29 is 4.74 Å². The fraction of sp³-hybridized carbons (Fsp3) is 0.692. The molecule has 2 aliphatic heterocycles. The Morgan fingerprint density at radius 3 is 3.05 bits per heavy atom. The van der Waals surface area contributed by atoms with Gasteiger partial charge in [-0.15, -0.1) is 11.3 Å². The maximum Gasteiger partial charge on any atom is 0.157 e. The number of nitrogens with one attached hydrogen (secondary N) is 1. The van der Waals surface area contributed by atoms with Crippen LogP contribution in [0.2, 0.25) is 0 Å². The minimum atomic E-state index is 0.249. The lowest BCUT2D eigenvalue weighted by Gasteiger charge is -2.32. The summed E-state index contributed by atoms with van der Waals surface area (Å²) in [5.41, 5.74) is 1.41. The molecular weight excluding hydrogens is 278 g/mol. The monoisotopic (exact) mass is 297 g/mol. The third-order valence-corrected chi connectivity index (χ3v) is 5.62. The molecule has 6 heteroatoms. The Bertz CT molecular complexity index is 466. The van der Waals surface area contributed by atoms with E-state index in [9.17, 15) is 0 Å². The van der Waals surface area contributed by atoms with Crippen molar-refractivity contribution in [2.45, 2.75) is 31.7 Å². The van der Waals surface area contributed by atoms with Gasteiger partial charge >= 0.3 is 0 Å². The lowest BCUT2D eigenvalue weighted by atomic mass is 9.93. The number of amidine groups is 1. The summed E-state index contributed by atoms with van der Waals surface area (Å²) in [5.74, 6) is 1.13. The van der Waals surface area contributed by atoms with Crippen LogP contribution in [0.5, 0.6) is 0 Å². The minimum absolute atomic E-state index is 0.249. The highest BCUT2D eigenvalue weighted by Gasteiger charge is 2.38. The molecule has 4 nitrogen and oxygen atoms in total. The Labute approximate surface area is 122 Å². The molecule has 1 spiro atoms. The first-order chi connectivity index (χ1) is 9.26. The molecule has 2 aliphatic rings. The predicted molar refractivity (Wildman–Crippen MR) is 81.2 cm³/mol. The number of hydrogen-bond donors (Lipinski definition) is 1. The first-order valence-corrected chi connectivity index (χ1v) is 8.57. The topological polar surface area (TPSA) is 46.5 Å². The number of ether oxygens (including phenoxy) is 1. The average molecular weight is 297 g/mol. The Balaban J connectivity index is 1.51. The van der Waals surface area contributed by atoms with E-state index in [1.54, 1.807) is 11.3 Å². The van der Waals surface area contributed by atoms with Crippen molar-refractivity contribution in [1.29, 1.82) is 0 Å². The largest absolute Gasteiger partial charge is 0.381 e. The third kappa shape index (κ3) is 3.30. The molecule has 2 fully saturated rings. The van der Waals surface area contributed by atoms with E-state index in [1.807, 2.05) is 18.7 Å². The summed E-state index contributed by atoms with van der Waals surface area (Å²) in [5, 5.41) is 7.98. The Morgan fingerprint density at radius 1 is 1.47 bits per heavy atom. The molecule has 104 valence electrons. The molecule has 0 atom stereocenters. The van der Waals surface area contributed by atoms with Crippen molar-refractivity contribution >= 4 is 28.3 Å². The Kier molecular flexibility index (Phi) is 4.10. The lowest BCUT2D eigenvalue weighted by molar-refractivity contribution is 0.0555. The second-order valence-electron chi connectivity index (χ2n) is 5.10. The van der Waals surface area contributed by atoms with Crippen molar-refractivity contribution in [1.82, 2.24) is 10.3 Å². The van der Waals surface area contributed by atoms with Gasteiger partial charge in [-0.2, -0.15) is 0 Å². The van der Waals surface area contributed by atoms with Gasteiger partial charge in [0.25, 0.3) is 0 Å². The highest BCUT2D eigenvalue weighted by Crippen LogP contribution is 2.31. The van der Waals surface area contributed by atoms with Crippen LogP contribution in [0.15, 0.2) is 10.4 Å². The van der Waals surface area contributed by atoms with E-state index in [2.05, 4.69) is 20.7 Å². The molecule has 0 bridgehead atoms. The van der Waals surface area contributed by atoms with Gasteiger partial charge in [0.1, 0.15) is 0 Å². The van der Waals surface area contributed by atoms with Crippen molar-refractivity contribution in [2.24, 2.45) is 4.99 Å². The van der Waals surface area contributed by atoms with Crippen LogP contribution in [-0.2, 0) is 11.2 Å². The third-order valence-electron chi connectivity index (χ3n) is 3.60. The van der Waals surface area contributed by atoms with Gasteiger partial charge in [-0.1, -0.05) is 11.8 Å². The molecule has 1 aromatic rings. The molecule has 19 heavy (non-hydrogen) atoms. The zero-order chi connectivity index (χ0) is 13.1. The number of aliphatic imine (C=N–C) groups is 1. The van der Waals surface area contributed by atoms with Crippen LogP contribution in [0.3, 0.4) is 0 Å². The molecule has 1 aromatic heterocycles. The fourth-order valence-electron chi connectivity index (χ4n) is 2.42. The minimum Gasteiger partial charge on any atom is -0.381 e. The second-order valence-corrected chi connectivity index (χ2v) is 7.13. The molecule has 0 radical (unpaired) electrons. The van der Waals surface area contributed by atoms with Crippen LogP contribution >= 0.6 is 23.1 Å². The molecule has 2 saturated heterocycles. The van der Waals surface area contributed by atoms with Crippen LogP contribution in [-0.4, -0.2) is 41.2 Å². The molecule has 0 saturated carbocycles.